The highest BCUT2D eigenvalue weighted by molar-refractivity contribution is 4.88. The summed E-state index contributed by atoms with van der Waals surface area (Å²) in [6.07, 6.45) is 2.87. The van der Waals surface area contributed by atoms with Crippen LogP contribution in [0.3, 0.4) is 0 Å². The van der Waals surface area contributed by atoms with Crippen LogP contribution in [0, 0.1) is 11.8 Å². The maximum atomic E-state index is 3.42. The molecule has 2 aliphatic rings. The maximum Gasteiger partial charge on any atom is 0.0125 e. The standard InChI is InChI=1S/C11H22N2/c1-9-3-4-11(10(9)2)13-7-5-12-6-8-13/h9-12H,3-8H2,1-2H3. The summed E-state index contributed by atoms with van der Waals surface area (Å²) in [7, 11) is 0. The molecule has 2 heteroatoms. The minimum atomic E-state index is 0.886. The van der Waals surface area contributed by atoms with Gasteiger partial charge >= 0.3 is 0 Å². The first-order chi connectivity index (χ1) is 6.29. The third-order valence-corrected chi connectivity index (χ3v) is 4.04. The van der Waals surface area contributed by atoms with Gasteiger partial charge in [0.05, 0.1) is 0 Å². The van der Waals surface area contributed by atoms with Crippen molar-refractivity contribution < 1.29 is 0 Å². The van der Waals surface area contributed by atoms with Gasteiger partial charge in [0, 0.05) is 32.2 Å². The van der Waals surface area contributed by atoms with Crippen LogP contribution in [-0.4, -0.2) is 37.1 Å². The summed E-state index contributed by atoms with van der Waals surface area (Å²) in [5.41, 5.74) is 0. The molecule has 3 unspecified atom stereocenters. The van der Waals surface area contributed by atoms with Crippen LogP contribution in [0.4, 0.5) is 0 Å². The molecular weight excluding hydrogens is 160 g/mol. The van der Waals surface area contributed by atoms with Gasteiger partial charge in [0.15, 0.2) is 0 Å². The van der Waals surface area contributed by atoms with Crippen LogP contribution in [0.1, 0.15) is 26.7 Å². The topological polar surface area (TPSA) is 15.3 Å². The van der Waals surface area contributed by atoms with Gasteiger partial charge < -0.3 is 5.32 Å². The Morgan fingerprint density at radius 1 is 1.08 bits per heavy atom. The number of piperazine rings is 1. The molecule has 0 aromatic heterocycles. The summed E-state index contributed by atoms with van der Waals surface area (Å²) < 4.78 is 0. The molecule has 2 nitrogen and oxygen atoms in total. The predicted octanol–water partition coefficient (Wildman–Crippen LogP) is 1.33. The summed E-state index contributed by atoms with van der Waals surface area (Å²) >= 11 is 0. The highest BCUT2D eigenvalue weighted by Crippen LogP contribution is 2.34. The smallest absolute Gasteiger partial charge is 0.0125 e. The third kappa shape index (κ3) is 1.89. The summed E-state index contributed by atoms with van der Waals surface area (Å²) in [6.45, 7) is 9.76. The summed E-state index contributed by atoms with van der Waals surface area (Å²) in [6, 6.07) is 0.886. The number of rotatable bonds is 1. The molecule has 0 bridgehead atoms. The number of nitrogens with zero attached hydrogens (tertiary/aromatic N) is 1. The van der Waals surface area contributed by atoms with Gasteiger partial charge in [0.25, 0.3) is 0 Å². The van der Waals surface area contributed by atoms with E-state index in [4.69, 9.17) is 0 Å². The number of nitrogens with one attached hydrogen (secondary N) is 1. The Hall–Kier alpha value is -0.0800. The van der Waals surface area contributed by atoms with Crippen LogP contribution in [0.25, 0.3) is 0 Å². The molecule has 0 aromatic carbocycles. The molecule has 1 heterocycles. The molecule has 0 radical (unpaired) electrons. The van der Waals surface area contributed by atoms with E-state index in [1.54, 1.807) is 0 Å². The zero-order valence-electron chi connectivity index (χ0n) is 8.92. The Labute approximate surface area is 81.7 Å². The van der Waals surface area contributed by atoms with Gasteiger partial charge in [-0.15, -0.1) is 0 Å². The zero-order chi connectivity index (χ0) is 9.26. The normalized spacial score (nSPS) is 42.5. The molecule has 2 fully saturated rings. The minimum Gasteiger partial charge on any atom is -0.314 e. The second-order valence-corrected chi connectivity index (χ2v) is 4.77. The van der Waals surface area contributed by atoms with Crippen LogP contribution in [-0.2, 0) is 0 Å². The van der Waals surface area contributed by atoms with Crippen LogP contribution in [0.2, 0.25) is 0 Å². The van der Waals surface area contributed by atoms with Crippen molar-refractivity contribution in [2.24, 2.45) is 11.8 Å². The summed E-state index contributed by atoms with van der Waals surface area (Å²) in [4.78, 5) is 2.70. The van der Waals surface area contributed by atoms with Crippen LogP contribution >= 0.6 is 0 Å². The quantitative estimate of drug-likeness (QED) is 0.658. The van der Waals surface area contributed by atoms with Crippen molar-refractivity contribution in [1.82, 2.24) is 10.2 Å². The lowest BCUT2D eigenvalue weighted by atomic mass is 9.96. The van der Waals surface area contributed by atoms with Crippen LogP contribution in [0.5, 0.6) is 0 Å². The Kier molecular flexibility index (Phi) is 2.89. The molecule has 1 N–H and O–H groups in total. The van der Waals surface area contributed by atoms with Gasteiger partial charge in [-0.3, -0.25) is 4.90 Å². The van der Waals surface area contributed by atoms with Crippen molar-refractivity contribution in [2.45, 2.75) is 32.7 Å². The molecule has 2 rings (SSSR count). The molecule has 1 saturated heterocycles. The minimum absolute atomic E-state index is 0.886. The highest BCUT2D eigenvalue weighted by Gasteiger charge is 2.33. The number of hydrogen-bond acceptors (Lipinski definition) is 2. The largest absolute Gasteiger partial charge is 0.314 e. The maximum absolute atomic E-state index is 3.42. The first-order valence-electron chi connectivity index (χ1n) is 5.74. The molecule has 3 atom stereocenters. The molecule has 1 aliphatic carbocycles. The average Bonchev–Trinajstić information content (AvgIpc) is 2.49. The van der Waals surface area contributed by atoms with E-state index in [9.17, 15) is 0 Å². The van der Waals surface area contributed by atoms with Crippen molar-refractivity contribution in [3.63, 3.8) is 0 Å². The fraction of sp³-hybridized carbons (Fsp3) is 1.00. The predicted molar refractivity (Wildman–Crippen MR) is 55.8 cm³/mol. The molecule has 1 saturated carbocycles. The SMILES string of the molecule is CC1CCC(N2CCNCC2)C1C. The van der Waals surface area contributed by atoms with E-state index in [2.05, 4.69) is 24.1 Å². The lowest BCUT2D eigenvalue weighted by Gasteiger charge is -2.35. The van der Waals surface area contributed by atoms with Gasteiger partial charge in [0.1, 0.15) is 0 Å². The third-order valence-electron chi connectivity index (χ3n) is 4.04. The summed E-state index contributed by atoms with van der Waals surface area (Å²) in [5, 5.41) is 3.42. The van der Waals surface area contributed by atoms with Crippen molar-refractivity contribution in [2.75, 3.05) is 26.2 Å². The first-order valence-corrected chi connectivity index (χ1v) is 5.74. The molecule has 0 amide bonds. The van der Waals surface area contributed by atoms with Gasteiger partial charge in [0.2, 0.25) is 0 Å². The van der Waals surface area contributed by atoms with E-state index >= 15 is 0 Å². The monoisotopic (exact) mass is 182 g/mol. The average molecular weight is 182 g/mol. The van der Waals surface area contributed by atoms with E-state index in [1.165, 1.54) is 39.0 Å². The highest BCUT2D eigenvalue weighted by atomic mass is 15.2. The second-order valence-electron chi connectivity index (χ2n) is 4.77. The Morgan fingerprint density at radius 3 is 2.31 bits per heavy atom. The fourth-order valence-corrected chi connectivity index (χ4v) is 2.87. The van der Waals surface area contributed by atoms with Crippen molar-refractivity contribution in [3.05, 3.63) is 0 Å². The fourth-order valence-electron chi connectivity index (χ4n) is 2.87. The van der Waals surface area contributed by atoms with Crippen molar-refractivity contribution in [1.29, 1.82) is 0 Å². The molecule has 0 spiro atoms. The summed E-state index contributed by atoms with van der Waals surface area (Å²) in [5.74, 6) is 1.86. The zero-order valence-corrected chi connectivity index (χ0v) is 8.92. The lowest BCUT2D eigenvalue weighted by molar-refractivity contribution is 0.139. The van der Waals surface area contributed by atoms with E-state index in [-0.39, 0.29) is 0 Å². The van der Waals surface area contributed by atoms with Gasteiger partial charge in [-0.1, -0.05) is 13.8 Å². The van der Waals surface area contributed by atoms with Crippen LogP contribution < -0.4 is 5.32 Å². The van der Waals surface area contributed by atoms with E-state index in [0.29, 0.717) is 0 Å². The number of hydrogen-bond donors (Lipinski definition) is 1. The van der Waals surface area contributed by atoms with Crippen LogP contribution in [0.15, 0.2) is 0 Å². The van der Waals surface area contributed by atoms with Gasteiger partial charge in [-0.05, 0) is 24.7 Å². The Balaban J connectivity index is 1.92. The van der Waals surface area contributed by atoms with Gasteiger partial charge in [-0.2, -0.15) is 0 Å². The Bertz CT molecular complexity index is 163. The first kappa shape index (κ1) is 9.47. The van der Waals surface area contributed by atoms with E-state index in [1.807, 2.05) is 0 Å². The van der Waals surface area contributed by atoms with Gasteiger partial charge in [-0.25, -0.2) is 0 Å². The van der Waals surface area contributed by atoms with Crippen molar-refractivity contribution >= 4 is 0 Å². The molecule has 0 aromatic rings. The molecular formula is C11H22N2. The van der Waals surface area contributed by atoms with E-state index < -0.39 is 0 Å². The van der Waals surface area contributed by atoms with E-state index in [0.717, 1.165) is 17.9 Å². The Morgan fingerprint density at radius 2 is 1.77 bits per heavy atom. The van der Waals surface area contributed by atoms with Crippen molar-refractivity contribution in [3.8, 4) is 0 Å². The molecule has 1 aliphatic heterocycles. The second kappa shape index (κ2) is 3.97. The lowest BCUT2D eigenvalue weighted by Crippen LogP contribution is -2.49. The molecule has 13 heavy (non-hydrogen) atoms. The molecule has 76 valence electrons.